The molecule has 2 amide bonds. The van der Waals surface area contributed by atoms with E-state index in [0.717, 1.165) is 37.0 Å². The normalized spacial score (nSPS) is 15.3. The van der Waals surface area contributed by atoms with Gasteiger partial charge in [0.25, 0.3) is 10.0 Å². The molecule has 0 saturated heterocycles. The van der Waals surface area contributed by atoms with Gasteiger partial charge >= 0.3 is 6.03 Å². The van der Waals surface area contributed by atoms with Crippen molar-refractivity contribution in [3.05, 3.63) is 47.7 Å². The first-order valence-electron chi connectivity index (χ1n) is 8.65. The smallest absolute Gasteiger partial charge is 0.328 e. The quantitative estimate of drug-likeness (QED) is 0.749. The molecule has 2 aromatic rings. The minimum Gasteiger partial charge on any atom is -0.335 e. The van der Waals surface area contributed by atoms with Crippen LogP contribution in [0.4, 0.5) is 4.79 Å². The van der Waals surface area contributed by atoms with Gasteiger partial charge in [0, 0.05) is 33.2 Å². The van der Waals surface area contributed by atoms with Gasteiger partial charge in [-0.2, -0.15) is 0 Å². The van der Waals surface area contributed by atoms with Gasteiger partial charge in [-0.05, 0) is 43.2 Å². The van der Waals surface area contributed by atoms with Crippen molar-refractivity contribution in [2.45, 2.75) is 52.8 Å². The first-order chi connectivity index (χ1) is 12.9. The van der Waals surface area contributed by atoms with Crippen molar-refractivity contribution >= 4 is 39.4 Å². The maximum Gasteiger partial charge on any atom is 0.328 e. The number of amides is 2. The summed E-state index contributed by atoms with van der Waals surface area (Å²) in [6.07, 6.45) is 7.74. The summed E-state index contributed by atoms with van der Waals surface area (Å²) >= 11 is 7.15. The highest BCUT2D eigenvalue weighted by Crippen LogP contribution is 2.32. The third-order valence-electron chi connectivity index (χ3n) is 4.25. The summed E-state index contributed by atoms with van der Waals surface area (Å²) in [5, 5.41) is 3.35. The third kappa shape index (κ3) is 5.60. The van der Waals surface area contributed by atoms with Crippen LogP contribution in [0.15, 0.2) is 57.4 Å². The lowest BCUT2D eigenvalue weighted by Crippen LogP contribution is -2.45. The Bertz CT molecular complexity index is 898. The van der Waals surface area contributed by atoms with Crippen molar-refractivity contribution in [2.24, 2.45) is 0 Å². The maximum atomic E-state index is 12.7. The van der Waals surface area contributed by atoms with Crippen LogP contribution in [0, 0.1) is 0 Å². The molecule has 0 aliphatic heterocycles. The third-order valence-corrected chi connectivity index (χ3v) is 7.07. The fraction of sp³-hybridized carbons (Fsp3) is 0.333. The predicted molar refractivity (Wildman–Crippen MR) is 106 cm³/mol. The van der Waals surface area contributed by atoms with Crippen molar-refractivity contribution in [2.75, 3.05) is 0 Å². The summed E-state index contributed by atoms with van der Waals surface area (Å²) in [4.78, 5) is 17.3. The van der Waals surface area contributed by atoms with Crippen LogP contribution in [0.5, 0.6) is 0 Å². The van der Waals surface area contributed by atoms with Gasteiger partial charge in [-0.1, -0.05) is 42.6 Å². The largest absolute Gasteiger partial charge is 0.335 e. The average molecular weight is 426 g/mol. The molecule has 144 valence electrons. The molecule has 9 heteroatoms. The van der Waals surface area contributed by atoms with E-state index in [1.54, 1.807) is 30.3 Å². The Morgan fingerprint density at radius 3 is 2.52 bits per heavy atom. The molecule has 1 heterocycles. The molecule has 2 N–H and O–H groups in total. The lowest BCUT2D eigenvalue weighted by Gasteiger charge is -2.22. The lowest BCUT2D eigenvalue weighted by atomic mass is 9.96. The molecule has 0 unspecified atom stereocenters. The van der Waals surface area contributed by atoms with Gasteiger partial charge in [-0.15, -0.1) is 0 Å². The Morgan fingerprint density at radius 1 is 1.11 bits per heavy atom. The van der Waals surface area contributed by atoms with E-state index < -0.39 is 16.1 Å². The van der Waals surface area contributed by atoms with Crippen molar-refractivity contribution in [1.82, 2.24) is 15.0 Å². The van der Waals surface area contributed by atoms with Gasteiger partial charge in [0.2, 0.25) is 0 Å². The van der Waals surface area contributed by atoms with E-state index in [1.165, 1.54) is 24.2 Å². The van der Waals surface area contributed by atoms with E-state index in [0.29, 0.717) is 9.92 Å². The molecule has 27 heavy (non-hydrogen) atoms. The number of sulfonamides is 1. The Labute approximate surface area is 168 Å². The molecule has 3 rings (SSSR count). The van der Waals surface area contributed by atoms with E-state index in [-0.39, 0.29) is 10.9 Å². The monoisotopic (exact) mass is 425 g/mol. The van der Waals surface area contributed by atoms with Crippen molar-refractivity contribution in [3.8, 4) is 0 Å². The van der Waals surface area contributed by atoms with Crippen LogP contribution >= 0.6 is 23.4 Å². The van der Waals surface area contributed by atoms with Gasteiger partial charge in [-0.3, -0.25) is 4.98 Å². The lowest BCUT2D eigenvalue weighted by molar-refractivity contribution is 0.237. The highest BCUT2D eigenvalue weighted by molar-refractivity contribution is 8.00. The van der Waals surface area contributed by atoms with E-state index in [1.807, 2.05) is 0 Å². The highest BCUT2D eigenvalue weighted by atomic mass is 35.5. The van der Waals surface area contributed by atoms with Gasteiger partial charge in [-0.25, -0.2) is 17.9 Å². The summed E-state index contributed by atoms with van der Waals surface area (Å²) in [6.45, 7) is 0. The van der Waals surface area contributed by atoms with Crippen LogP contribution in [0.1, 0.15) is 32.1 Å². The zero-order valence-electron chi connectivity index (χ0n) is 14.5. The average Bonchev–Trinajstić information content (AvgIpc) is 2.64. The summed E-state index contributed by atoms with van der Waals surface area (Å²) < 4.78 is 27.5. The predicted octanol–water partition coefficient (Wildman–Crippen LogP) is 4.21. The Morgan fingerprint density at radius 2 is 1.81 bits per heavy atom. The molecule has 1 aliphatic rings. The molecule has 1 fully saturated rings. The number of nitrogens with zero attached hydrogens (tertiary/aromatic N) is 1. The number of pyridine rings is 1. The van der Waals surface area contributed by atoms with Crippen molar-refractivity contribution in [1.29, 1.82) is 0 Å². The number of aromatic nitrogens is 1. The van der Waals surface area contributed by atoms with Crippen LogP contribution in [0.3, 0.4) is 0 Å². The number of benzene rings is 1. The minimum absolute atomic E-state index is 0.0192. The number of hydrogen-bond acceptors (Lipinski definition) is 5. The molecule has 1 aliphatic carbocycles. The van der Waals surface area contributed by atoms with E-state index in [4.69, 9.17) is 11.6 Å². The van der Waals surface area contributed by atoms with Crippen LogP contribution in [-0.2, 0) is 10.0 Å². The summed E-state index contributed by atoms with van der Waals surface area (Å²) in [5.41, 5.74) is 0. The zero-order valence-corrected chi connectivity index (χ0v) is 16.9. The number of urea groups is 1. The van der Waals surface area contributed by atoms with Crippen LogP contribution in [-0.4, -0.2) is 25.5 Å². The van der Waals surface area contributed by atoms with Crippen LogP contribution in [0.2, 0.25) is 5.02 Å². The number of rotatable bonds is 5. The number of nitrogens with one attached hydrogen (secondary N) is 2. The molecule has 0 radical (unpaired) electrons. The number of halogens is 1. The van der Waals surface area contributed by atoms with Crippen molar-refractivity contribution < 1.29 is 13.2 Å². The number of carbonyl (C=O) groups excluding carboxylic acids is 1. The highest BCUT2D eigenvalue weighted by Gasteiger charge is 2.24. The van der Waals surface area contributed by atoms with Gasteiger partial charge in [0.15, 0.2) is 0 Å². The second-order valence-corrected chi connectivity index (χ2v) is 9.49. The first-order valence-corrected chi connectivity index (χ1v) is 11.3. The van der Waals surface area contributed by atoms with Gasteiger partial charge < -0.3 is 5.32 Å². The topological polar surface area (TPSA) is 88.2 Å². The van der Waals surface area contributed by atoms with E-state index >= 15 is 0 Å². The second kappa shape index (κ2) is 8.95. The molecule has 6 nitrogen and oxygen atoms in total. The molecule has 0 bridgehead atoms. The Balaban J connectivity index is 1.73. The van der Waals surface area contributed by atoms with Crippen LogP contribution in [0.25, 0.3) is 0 Å². The summed E-state index contributed by atoms with van der Waals surface area (Å²) in [5.74, 6) is 0. The van der Waals surface area contributed by atoms with E-state index in [9.17, 15) is 13.2 Å². The van der Waals surface area contributed by atoms with Gasteiger partial charge in [0.05, 0.1) is 0 Å². The Kier molecular flexibility index (Phi) is 6.62. The summed E-state index contributed by atoms with van der Waals surface area (Å²) in [7, 11) is -4.04. The van der Waals surface area contributed by atoms with Crippen molar-refractivity contribution in [3.63, 3.8) is 0 Å². The van der Waals surface area contributed by atoms with Gasteiger partial charge in [0.1, 0.15) is 4.90 Å². The fourth-order valence-corrected chi connectivity index (χ4v) is 5.26. The Hall–Kier alpha value is -1.77. The molecule has 0 atom stereocenters. The SMILES string of the molecule is O=C(NC1CCCCC1)NS(=O)(=O)c1cnccc1Sc1ccc(Cl)cc1. The molecule has 1 saturated carbocycles. The summed E-state index contributed by atoms with van der Waals surface area (Å²) in [6, 6.07) is 7.98. The number of hydrogen-bond donors (Lipinski definition) is 2. The first kappa shape index (κ1) is 20.0. The number of carbonyl (C=O) groups is 1. The molecular formula is C18H20ClN3O3S2. The molecule has 1 aromatic heterocycles. The molecule has 0 spiro atoms. The zero-order chi connectivity index (χ0) is 19.3. The maximum absolute atomic E-state index is 12.7. The molecular weight excluding hydrogens is 406 g/mol. The fourth-order valence-electron chi connectivity index (χ4n) is 2.92. The van der Waals surface area contributed by atoms with E-state index in [2.05, 4.69) is 15.0 Å². The standard InChI is InChI=1S/C18H20ClN3O3S2/c19-13-6-8-15(9-7-13)26-16-10-11-20-12-17(16)27(24,25)22-18(23)21-14-4-2-1-3-5-14/h6-12,14H,1-5H2,(H2,21,22,23). The van der Waals surface area contributed by atoms with Crippen LogP contribution < -0.4 is 10.0 Å². The minimum atomic E-state index is -4.04. The second-order valence-electron chi connectivity index (χ2n) is 6.29. The molecule has 1 aromatic carbocycles.